The summed E-state index contributed by atoms with van der Waals surface area (Å²) in [7, 11) is 1.59. The largest absolute Gasteiger partial charge is 0.444 e. The summed E-state index contributed by atoms with van der Waals surface area (Å²) in [4.78, 5) is 35.7. The normalized spacial score (nSPS) is 14.1. The highest BCUT2D eigenvalue weighted by atomic mass is 16.6. The fourth-order valence-electron chi connectivity index (χ4n) is 2.61. The zero-order valence-electron chi connectivity index (χ0n) is 14.7. The van der Waals surface area contributed by atoms with Gasteiger partial charge >= 0.3 is 5.97 Å². The fraction of sp³-hybridized carbons (Fsp3) is 0.263. The molecule has 27 heavy (non-hydrogen) atoms. The molecule has 1 atom stereocenters. The minimum absolute atomic E-state index is 0.00754. The van der Waals surface area contributed by atoms with Gasteiger partial charge in [-0.25, -0.2) is 4.79 Å². The Bertz CT molecular complexity index is 865. The highest BCUT2D eigenvalue weighted by Crippen LogP contribution is 2.27. The van der Waals surface area contributed by atoms with E-state index in [2.05, 4.69) is 10.6 Å². The van der Waals surface area contributed by atoms with E-state index in [0.29, 0.717) is 11.3 Å². The second kappa shape index (κ2) is 7.86. The summed E-state index contributed by atoms with van der Waals surface area (Å²) in [6.07, 6.45) is 0.662. The molecular formula is C19H19N3O5. The Morgan fingerprint density at radius 1 is 1.19 bits per heavy atom. The van der Waals surface area contributed by atoms with Crippen LogP contribution in [0.15, 0.2) is 48.5 Å². The minimum Gasteiger partial charge on any atom is -0.444 e. The fourth-order valence-corrected chi connectivity index (χ4v) is 2.61. The summed E-state index contributed by atoms with van der Waals surface area (Å²) >= 11 is 0. The second-order valence-corrected chi connectivity index (χ2v) is 6.22. The van der Waals surface area contributed by atoms with Crippen LogP contribution in [-0.2, 0) is 9.53 Å². The number of nitrogens with one attached hydrogen (secondary N) is 2. The molecule has 2 aromatic carbocycles. The standard InChI is InChI=1S/C19H19N3O5/c1-20-16-10-9-14(22(25)26)11-15(16)19(24)27-17(12-5-3-2-4-6-12)18(23)21-13-7-8-13/h2-6,9-11,13,17,20H,7-8H2,1H3,(H,21,23)/t17-/m0/s1. The van der Waals surface area contributed by atoms with E-state index in [1.807, 2.05) is 0 Å². The number of amides is 1. The Morgan fingerprint density at radius 2 is 1.89 bits per heavy atom. The van der Waals surface area contributed by atoms with Gasteiger partial charge in [-0.05, 0) is 18.9 Å². The van der Waals surface area contributed by atoms with Crippen molar-refractivity contribution in [1.82, 2.24) is 5.32 Å². The summed E-state index contributed by atoms with van der Waals surface area (Å²) in [5.74, 6) is -1.23. The summed E-state index contributed by atoms with van der Waals surface area (Å²) < 4.78 is 5.48. The molecule has 1 amide bonds. The van der Waals surface area contributed by atoms with Crippen LogP contribution >= 0.6 is 0 Å². The van der Waals surface area contributed by atoms with E-state index >= 15 is 0 Å². The number of rotatable bonds is 7. The first kappa shape index (κ1) is 18.4. The lowest BCUT2D eigenvalue weighted by molar-refractivity contribution is -0.384. The van der Waals surface area contributed by atoms with E-state index in [1.165, 1.54) is 12.1 Å². The number of carbonyl (C=O) groups is 2. The van der Waals surface area contributed by atoms with Crippen LogP contribution in [-0.4, -0.2) is 29.9 Å². The van der Waals surface area contributed by atoms with Crippen molar-refractivity contribution in [2.75, 3.05) is 12.4 Å². The van der Waals surface area contributed by atoms with Crippen LogP contribution in [0.3, 0.4) is 0 Å². The summed E-state index contributed by atoms with van der Waals surface area (Å²) in [5.41, 5.74) is 0.659. The van der Waals surface area contributed by atoms with Gasteiger partial charge in [0.25, 0.3) is 11.6 Å². The van der Waals surface area contributed by atoms with Gasteiger partial charge < -0.3 is 15.4 Å². The molecule has 0 heterocycles. The van der Waals surface area contributed by atoms with Crippen LogP contribution in [0.2, 0.25) is 0 Å². The predicted molar refractivity (Wildman–Crippen MR) is 98.4 cm³/mol. The first-order chi connectivity index (χ1) is 13.0. The van der Waals surface area contributed by atoms with Gasteiger partial charge in [-0.15, -0.1) is 0 Å². The molecular weight excluding hydrogens is 350 g/mol. The number of nitrogens with zero attached hydrogens (tertiary/aromatic N) is 1. The summed E-state index contributed by atoms with van der Waals surface area (Å²) in [5, 5.41) is 16.7. The van der Waals surface area contributed by atoms with Crippen LogP contribution in [0.1, 0.15) is 34.9 Å². The maximum absolute atomic E-state index is 12.7. The third-order valence-electron chi connectivity index (χ3n) is 4.19. The van der Waals surface area contributed by atoms with Crippen LogP contribution < -0.4 is 10.6 Å². The van der Waals surface area contributed by atoms with Gasteiger partial charge in [0.15, 0.2) is 0 Å². The quantitative estimate of drug-likeness (QED) is 0.441. The van der Waals surface area contributed by atoms with E-state index in [9.17, 15) is 19.7 Å². The van der Waals surface area contributed by atoms with Crippen molar-refractivity contribution in [2.45, 2.75) is 25.0 Å². The topological polar surface area (TPSA) is 111 Å². The molecule has 2 aromatic rings. The van der Waals surface area contributed by atoms with Gasteiger partial charge in [-0.2, -0.15) is 0 Å². The first-order valence-corrected chi connectivity index (χ1v) is 8.52. The highest BCUT2D eigenvalue weighted by molar-refractivity contribution is 5.98. The average Bonchev–Trinajstić information content (AvgIpc) is 3.49. The molecule has 0 saturated heterocycles. The molecule has 1 aliphatic carbocycles. The molecule has 3 rings (SSSR count). The minimum atomic E-state index is -1.14. The molecule has 0 unspecified atom stereocenters. The molecule has 0 spiro atoms. The van der Waals surface area contributed by atoms with E-state index in [1.54, 1.807) is 37.4 Å². The molecule has 0 bridgehead atoms. The molecule has 0 aliphatic heterocycles. The van der Waals surface area contributed by atoms with Crippen molar-refractivity contribution in [3.05, 3.63) is 69.8 Å². The molecule has 1 fully saturated rings. The Balaban J connectivity index is 1.89. The average molecular weight is 369 g/mol. The third kappa shape index (κ3) is 4.41. The van der Waals surface area contributed by atoms with Crippen molar-refractivity contribution in [2.24, 2.45) is 0 Å². The number of ether oxygens (including phenoxy) is 1. The Kier molecular flexibility index (Phi) is 5.35. The number of non-ortho nitro benzene ring substituents is 1. The third-order valence-corrected chi connectivity index (χ3v) is 4.19. The van der Waals surface area contributed by atoms with Crippen molar-refractivity contribution in [3.8, 4) is 0 Å². The molecule has 0 radical (unpaired) electrons. The zero-order valence-corrected chi connectivity index (χ0v) is 14.7. The van der Waals surface area contributed by atoms with Crippen LogP contribution in [0.5, 0.6) is 0 Å². The smallest absolute Gasteiger partial charge is 0.341 e. The molecule has 8 nitrogen and oxygen atoms in total. The number of esters is 1. The highest BCUT2D eigenvalue weighted by Gasteiger charge is 2.31. The van der Waals surface area contributed by atoms with Crippen LogP contribution in [0.4, 0.5) is 11.4 Å². The van der Waals surface area contributed by atoms with E-state index in [4.69, 9.17) is 4.74 Å². The molecule has 0 aromatic heterocycles. The first-order valence-electron chi connectivity index (χ1n) is 8.52. The monoisotopic (exact) mass is 369 g/mol. The van der Waals surface area contributed by atoms with E-state index < -0.39 is 22.9 Å². The number of hydrogen-bond donors (Lipinski definition) is 2. The number of nitro benzene ring substituents is 1. The SMILES string of the molecule is CNc1ccc([N+](=O)[O-])cc1C(=O)O[C@H](C(=O)NC1CC1)c1ccccc1. The van der Waals surface area contributed by atoms with Crippen LogP contribution in [0, 0.1) is 10.1 Å². The number of nitro groups is 1. The Hall–Kier alpha value is -3.42. The van der Waals surface area contributed by atoms with Crippen molar-refractivity contribution in [1.29, 1.82) is 0 Å². The zero-order chi connectivity index (χ0) is 19.4. The lowest BCUT2D eigenvalue weighted by Crippen LogP contribution is -2.33. The van der Waals surface area contributed by atoms with Crippen molar-refractivity contribution < 1.29 is 19.2 Å². The number of hydrogen-bond acceptors (Lipinski definition) is 6. The lowest BCUT2D eigenvalue weighted by Gasteiger charge is -2.19. The van der Waals surface area contributed by atoms with Gasteiger partial charge in [0, 0.05) is 36.5 Å². The Morgan fingerprint density at radius 3 is 2.48 bits per heavy atom. The molecule has 1 aliphatic rings. The Labute approximate surface area is 155 Å². The van der Waals surface area contributed by atoms with E-state index in [0.717, 1.165) is 18.9 Å². The summed E-state index contributed by atoms with van der Waals surface area (Å²) in [6.45, 7) is 0. The van der Waals surface area contributed by atoms with E-state index in [-0.39, 0.29) is 17.3 Å². The second-order valence-electron chi connectivity index (χ2n) is 6.22. The van der Waals surface area contributed by atoms with Crippen LogP contribution in [0.25, 0.3) is 0 Å². The summed E-state index contributed by atoms with van der Waals surface area (Å²) in [6, 6.07) is 12.6. The maximum Gasteiger partial charge on any atom is 0.341 e. The van der Waals surface area contributed by atoms with Gasteiger partial charge in [-0.3, -0.25) is 14.9 Å². The number of anilines is 1. The molecule has 1 saturated carbocycles. The predicted octanol–water partition coefficient (Wildman–Crippen LogP) is 2.81. The van der Waals surface area contributed by atoms with Gasteiger partial charge in [0.2, 0.25) is 6.10 Å². The molecule has 2 N–H and O–H groups in total. The van der Waals surface area contributed by atoms with Gasteiger partial charge in [0.1, 0.15) is 0 Å². The number of benzene rings is 2. The van der Waals surface area contributed by atoms with Gasteiger partial charge in [-0.1, -0.05) is 30.3 Å². The lowest BCUT2D eigenvalue weighted by atomic mass is 10.1. The molecule has 8 heteroatoms. The number of carbonyl (C=O) groups excluding carboxylic acids is 2. The van der Waals surface area contributed by atoms with Gasteiger partial charge in [0.05, 0.1) is 10.5 Å². The van der Waals surface area contributed by atoms with Crippen molar-refractivity contribution >= 4 is 23.3 Å². The maximum atomic E-state index is 12.7. The molecule has 140 valence electrons. The van der Waals surface area contributed by atoms with Crippen molar-refractivity contribution in [3.63, 3.8) is 0 Å².